The number of benzene rings is 1. The molecule has 0 aliphatic heterocycles. The molecule has 0 heterocycles. The average molecular weight is 301 g/mol. The summed E-state index contributed by atoms with van der Waals surface area (Å²) in [5, 5.41) is 9.10. The van der Waals surface area contributed by atoms with E-state index in [0.717, 1.165) is 10.2 Å². The van der Waals surface area contributed by atoms with E-state index in [9.17, 15) is 4.79 Å². The first-order chi connectivity index (χ1) is 7.98. The van der Waals surface area contributed by atoms with E-state index in [0.29, 0.717) is 19.4 Å². The van der Waals surface area contributed by atoms with Crippen molar-refractivity contribution in [1.82, 2.24) is 0 Å². The van der Waals surface area contributed by atoms with Gasteiger partial charge in [-0.25, -0.2) is 0 Å². The van der Waals surface area contributed by atoms with Crippen molar-refractivity contribution in [2.24, 2.45) is 5.41 Å². The second-order valence-electron chi connectivity index (χ2n) is 4.27. The third-order valence-electron chi connectivity index (χ3n) is 3.03. The fourth-order valence-electron chi connectivity index (χ4n) is 1.36. The van der Waals surface area contributed by atoms with E-state index in [1.165, 1.54) is 0 Å². The Morgan fingerprint density at radius 1 is 1.41 bits per heavy atom. The van der Waals surface area contributed by atoms with Gasteiger partial charge in [0.15, 0.2) is 0 Å². The smallest absolute Gasteiger partial charge is 0.309 e. The van der Waals surface area contributed by atoms with Gasteiger partial charge in [-0.3, -0.25) is 4.79 Å². The lowest BCUT2D eigenvalue weighted by atomic mass is 9.84. The molecule has 1 aromatic rings. The van der Waals surface area contributed by atoms with Gasteiger partial charge in [0.25, 0.3) is 0 Å². The molecule has 0 spiro atoms. The van der Waals surface area contributed by atoms with Crippen molar-refractivity contribution in [3.8, 4) is 5.75 Å². The predicted molar refractivity (Wildman–Crippen MR) is 70.3 cm³/mol. The summed E-state index contributed by atoms with van der Waals surface area (Å²) in [5.74, 6) is -0.00329. The molecular weight excluding hydrogens is 284 g/mol. The first-order valence-electron chi connectivity index (χ1n) is 5.60. The number of ether oxygens (including phenoxy) is 1. The van der Waals surface area contributed by atoms with Crippen molar-refractivity contribution >= 4 is 21.9 Å². The van der Waals surface area contributed by atoms with Gasteiger partial charge < -0.3 is 9.84 Å². The summed E-state index contributed by atoms with van der Waals surface area (Å²) in [7, 11) is 0. The molecule has 1 aromatic carbocycles. The maximum absolute atomic E-state index is 11.1. The number of halogens is 1. The molecule has 0 saturated carbocycles. The monoisotopic (exact) mass is 300 g/mol. The zero-order chi connectivity index (χ0) is 12.9. The summed E-state index contributed by atoms with van der Waals surface area (Å²) >= 11 is 3.34. The lowest BCUT2D eigenvalue weighted by Gasteiger charge is -2.22. The van der Waals surface area contributed by atoms with Crippen molar-refractivity contribution in [1.29, 1.82) is 0 Å². The fourth-order valence-corrected chi connectivity index (χ4v) is 1.62. The molecule has 94 valence electrons. The van der Waals surface area contributed by atoms with Gasteiger partial charge in [0, 0.05) is 4.47 Å². The van der Waals surface area contributed by atoms with Crippen LogP contribution in [-0.4, -0.2) is 17.7 Å². The summed E-state index contributed by atoms with van der Waals surface area (Å²) in [6.07, 6.45) is 1.11. The van der Waals surface area contributed by atoms with Crippen LogP contribution >= 0.6 is 15.9 Å². The molecule has 0 radical (unpaired) electrons. The lowest BCUT2D eigenvalue weighted by Crippen LogP contribution is -2.28. The molecule has 3 nitrogen and oxygen atoms in total. The van der Waals surface area contributed by atoms with E-state index in [1.807, 2.05) is 31.2 Å². The van der Waals surface area contributed by atoms with Crippen LogP contribution in [0.5, 0.6) is 5.75 Å². The Labute approximate surface area is 110 Å². The minimum absolute atomic E-state index is 0.415. The first kappa shape index (κ1) is 14.0. The molecule has 0 amide bonds. The second-order valence-corrected chi connectivity index (χ2v) is 5.19. The molecule has 0 saturated heterocycles. The van der Waals surface area contributed by atoms with Gasteiger partial charge in [0.05, 0.1) is 12.0 Å². The number of rotatable bonds is 6. The van der Waals surface area contributed by atoms with Crippen molar-refractivity contribution in [2.75, 3.05) is 6.61 Å². The molecule has 1 rings (SSSR count). The largest absolute Gasteiger partial charge is 0.494 e. The second kappa shape index (κ2) is 6.05. The van der Waals surface area contributed by atoms with Crippen LogP contribution < -0.4 is 4.74 Å². The van der Waals surface area contributed by atoms with E-state index in [1.54, 1.807) is 6.92 Å². The van der Waals surface area contributed by atoms with Gasteiger partial charge in [0.2, 0.25) is 0 Å². The van der Waals surface area contributed by atoms with Crippen LogP contribution in [0.15, 0.2) is 28.7 Å². The lowest BCUT2D eigenvalue weighted by molar-refractivity contribution is -0.148. The zero-order valence-corrected chi connectivity index (χ0v) is 11.7. The summed E-state index contributed by atoms with van der Waals surface area (Å²) in [5.41, 5.74) is -0.699. The van der Waals surface area contributed by atoms with Gasteiger partial charge in [-0.05, 0) is 44.0 Å². The highest BCUT2D eigenvalue weighted by molar-refractivity contribution is 9.10. The Kier molecular flexibility index (Phi) is 5.00. The first-order valence-corrected chi connectivity index (χ1v) is 6.39. The highest BCUT2D eigenvalue weighted by Crippen LogP contribution is 2.26. The maximum atomic E-state index is 11.1. The minimum atomic E-state index is -0.764. The summed E-state index contributed by atoms with van der Waals surface area (Å²) < 4.78 is 6.52. The predicted octanol–water partition coefficient (Wildman–Crippen LogP) is 3.72. The topological polar surface area (TPSA) is 46.5 Å². The number of hydrogen-bond acceptors (Lipinski definition) is 2. The van der Waals surface area contributed by atoms with E-state index < -0.39 is 11.4 Å². The Hall–Kier alpha value is -1.03. The van der Waals surface area contributed by atoms with Gasteiger partial charge in [-0.1, -0.05) is 22.9 Å². The zero-order valence-electron chi connectivity index (χ0n) is 10.1. The quantitative estimate of drug-likeness (QED) is 0.871. The van der Waals surface area contributed by atoms with E-state index in [4.69, 9.17) is 9.84 Å². The standard InChI is InChI=1S/C13H17BrO3/c1-3-13(2,12(15)16)8-9-17-11-6-4-10(14)5-7-11/h4-7H,3,8-9H2,1-2H3,(H,15,16). The molecule has 1 atom stereocenters. The third kappa shape index (κ3) is 4.04. The van der Waals surface area contributed by atoms with Crippen molar-refractivity contribution in [3.05, 3.63) is 28.7 Å². The molecular formula is C13H17BrO3. The van der Waals surface area contributed by atoms with E-state index in [2.05, 4.69) is 15.9 Å². The van der Waals surface area contributed by atoms with Crippen LogP contribution in [0.2, 0.25) is 0 Å². The number of hydrogen-bond donors (Lipinski definition) is 1. The van der Waals surface area contributed by atoms with Gasteiger partial charge in [-0.15, -0.1) is 0 Å². The minimum Gasteiger partial charge on any atom is -0.494 e. The van der Waals surface area contributed by atoms with E-state index in [-0.39, 0.29) is 0 Å². The number of carbonyl (C=O) groups is 1. The molecule has 0 bridgehead atoms. The van der Waals surface area contributed by atoms with Crippen molar-refractivity contribution in [3.63, 3.8) is 0 Å². The Morgan fingerprint density at radius 3 is 2.47 bits per heavy atom. The van der Waals surface area contributed by atoms with Gasteiger partial charge in [-0.2, -0.15) is 0 Å². The third-order valence-corrected chi connectivity index (χ3v) is 3.56. The molecule has 1 N–H and O–H groups in total. The summed E-state index contributed by atoms with van der Waals surface area (Å²) in [6, 6.07) is 7.50. The Bertz CT molecular complexity index is 375. The Morgan fingerprint density at radius 2 is 2.00 bits per heavy atom. The molecule has 0 aliphatic rings. The maximum Gasteiger partial charge on any atom is 0.309 e. The van der Waals surface area contributed by atoms with Crippen molar-refractivity contribution < 1.29 is 14.6 Å². The number of carboxylic acids is 1. The summed E-state index contributed by atoms with van der Waals surface area (Å²) in [6.45, 7) is 4.05. The molecule has 4 heteroatoms. The highest BCUT2D eigenvalue weighted by Gasteiger charge is 2.30. The number of carboxylic acid groups (broad SMARTS) is 1. The number of aliphatic carboxylic acids is 1. The molecule has 0 aromatic heterocycles. The van der Waals surface area contributed by atoms with Crippen LogP contribution in [-0.2, 0) is 4.79 Å². The van der Waals surface area contributed by atoms with Crippen LogP contribution in [0.1, 0.15) is 26.7 Å². The SMILES string of the molecule is CCC(C)(CCOc1ccc(Br)cc1)C(=O)O. The molecule has 1 unspecified atom stereocenters. The van der Waals surface area contributed by atoms with Crippen LogP contribution in [0.25, 0.3) is 0 Å². The van der Waals surface area contributed by atoms with Gasteiger partial charge >= 0.3 is 5.97 Å². The Balaban J connectivity index is 2.47. The van der Waals surface area contributed by atoms with Crippen LogP contribution in [0.4, 0.5) is 0 Å². The average Bonchev–Trinajstić information content (AvgIpc) is 2.31. The normalized spacial score (nSPS) is 14.1. The fraction of sp³-hybridized carbons (Fsp3) is 0.462. The molecule has 0 fully saturated rings. The van der Waals surface area contributed by atoms with Crippen LogP contribution in [0.3, 0.4) is 0 Å². The molecule has 0 aliphatic carbocycles. The molecule has 17 heavy (non-hydrogen) atoms. The van der Waals surface area contributed by atoms with Crippen LogP contribution in [0, 0.1) is 5.41 Å². The summed E-state index contributed by atoms with van der Waals surface area (Å²) in [4.78, 5) is 11.1. The van der Waals surface area contributed by atoms with Gasteiger partial charge in [0.1, 0.15) is 5.75 Å². The van der Waals surface area contributed by atoms with Crippen molar-refractivity contribution in [2.45, 2.75) is 26.7 Å². The highest BCUT2D eigenvalue weighted by atomic mass is 79.9. The van der Waals surface area contributed by atoms with E-state index >= 15 is 0 Å².